The van der Waals surface area contributed by atoms with Crippen molar-refractivity contribution in [2.75, 3.05) is 0 Å². The lowest BCUT2D eigenvalue weighted by Crippen LogP contribution is -2.26. The minimum Gasteiger partial charge on any atom is -0.488 e. The van der Waals surface area contributed by atoms with Gasteiger partial charge in [-0.15, -0.1) is 0 Å². The maximum absolute atomic E-state index is 12.1. The Hall–Kier alpha value is -1.29. The van der Waals surface area contributed by atoms with Crippen LogP contribution in [0.15, 0.2) is 30.3 Å². The zero-order valence-electron chi connectivity index (χ0n) is 12.8. The molecule has 4 heteroatoms. The molecule has 2 aliphatic rings. The van der Waals surface area contributed by atoms with Gasteiger partial charge in [0, 0.05) is 0 Å². The summed E-state index contributed by atoms with van der Waals surface area (Å²) in [6.45, 7) is 6.06. The molecule has 21 heavy (non-hydrogen) atoms. The predicted molar refractivity (Wildman–Crippen MR) is 85.1 cm³/mol. The minimum atomic E-state index is -2.90. The summed E-state index contributed by atoms with van der Waals surface area (Å²) in [5.41, 5.74) is 2.07. The standard InChI is InChI=1S/C17H22O3S/c1-17(2,3)20-14-6-4-12(5-7-14)13-10-15-8-9-16(11-13)21(15,18)19/h4-7,10,15-16H,8-9,11H2,1-3H3. The molecule has 2 atom stereocenters. The van der Waals surface area contributed by atoms with Gasteiger partial charge in [-0.1, -0.05) is 18.2 Å². The lowest BCUT2D eigenvalue weighted by Gasteiger charge is -2.23. The van der Waals surface area contributed by atoms with Crippen LogP contribution in [0.2, 0.25) is 0 Å². The second-order valence-electron chi connectivity index (χ2n) is 6.96. The largest absolute Gasteiger partial charge is 0.488 e. The molecule has 3 nitrogen and oxygen atoms in total. The second-order valence-corrected chi connectivity index (χ2v) is 9.41. The molecule has 0 amide bonds. The van der Waals surface area contributed by atoms with E-state index < -0.39 is 9.84 Å². The van der Waals surface area contributed by atoms with E-state index in [-0.39, 0.29) is 16.1 Å². The van der Waals surface area contributed by atoms with Crippen molar-refractivity contribution in [2.45, 2.75) is 56.1 Å². The third-order valence-corrected chi connectivity index (χ3v) is 6.69. The van der Waals surface area contributed by atoms with Gasteiger partial charge in [0.1, 0.15) is 11.4 Å². The van der Waals surface area contributed by atoms with E-state index in [1.165, 1.54) is 5.57 Å². The lowest BCUT2D eigenvalue weighted by molar-refractivity contribution is 0.131. The molecule has 0 aromatic heterocycles. The van der Waals surface area contributed by atoms with Crippen molar-refractivity contribution in [1.29, 1.82) is 0 Å². The molecule has 0 saturated carbocycles. The fourth-order valence-corrected chi connectivity index (χ4v) is 5.35. The molecule has 2 heterocycles. The molecular formula is C17H22O3S. The van der Waals surface area contributed by atoms with Crippen LogP contribution in [-0.2, 0) is 9.84 Å². The van der Waals surface area contributed by atoms with Gasteiger partial charge in [0.05, 0.1) is 10.5 Å². The van der Waals surface area contributed by atoms with Crippen molar-refractivity contribution in [1.82, 2.24) is 0 Å². The van der Waals surface area contributed by atoms with Crippen LogP contribution in [-0.4, -0.2) is 24.5 Å². The Morgan fingerprint density at radius 2 is 1.76 bits per heavy atom. The Bertz CT molecular complexity index is 663. The first-order valence-corrected chi connectivity index (χ1v) is 9.09. The summed E-state index contributed by atoms with van der Waals surface area (Å²) in [7, 11) is -2.90. The predicted octanol–water partition coefficient (Wildman–Crippen LogP) is 3.60. The summed E-state index contributed by atoms with van der Waals surface area (Å²) < 4.78 is 30.0. The van der Waals surface area contributed by atoms with Crippen LogP contribution in [0.4, 0.5) is 0 Å². The molecule has 2 unspecified atom stereocenters. The summed E-state index contributed by atoms with van der Waals surface area (Å²) >= 11 is 0. The van der Waals surface area contributed by atoms with Crippen molar-refractivity contribution in [3.8, 4) is 5.75 Å². The molecule has 0 spiro atoms. The number of hydrogen-bond acceptors (Lipinski definition) is 3. The van der Waals surface area contributed by atoms with Crippen LogP contribution in [0, 0.1) is 0 Å². The molecule has 2 bridgehead atoms. The maximum atomic E-state index is 12.1. The van der Waals surface area contributed by atoms with Crippen LogP contribution in [0.5, 0.6) is 5.75 Å². The third-order valence-electron chi connectivity index (χ3n) is 4.14. The highest BCUT2D eigenvalue weighted by atomic mass is 32.2. The van der Waals surface area contributed by atoms with Gasteiger partial charge in [-0.2, -0.15) is 0 Å². The zero-order valence-corrected chi connectivity index (χ0v) is 13.6. The monoisotopic (exact) mass is 306 g/mol. The highest BCUT2D eigenvalue weighted by Crippen LogP contribution is 2.40. The second kappa shape index (κ2) is 4.87. The quantitative estimate of drug-likeness (QED) is 0.838. The van der Waals surface area contributed by atoms with E-state index in [1.54, 1.807) is 0 Å². The Balaban J connectivity index is 1.83. The maximum Gasteiger partial charge on any atom is 0.159 e. The van der Waals surface area contributed by atoms with Gasteiger partial charge >= 0.3 is 0 Å². The molecule has 114 valence electrons. The zero-order chi connectivity index (χ0) is 15.3. The first kappa shape index (κ1) is 14.6. The van der Waals surface area contributed by atoms with Crippen molar-refractivity contribution in [2.24, 2.45) is 0 Å². The summed E-state index contributed by atoms with van der Waals surface area (Å²) in [6.07, 6.45) is 4.19. The molecular weight excluding hydrogens is 284 g/mol. The highest BCUT2D eigenvalue weighted by Gasteiger charge is 2.43. The number of allylic oxidation sites excluding steroid dienone is 1. The van der Waals surface area contributed by atoms with E-state index in [1.807, 2.05) is 51.1 Å². The smallest absolute Gasteiger partial charge is 0.159 e. The fraction of sp³-hybridized carbons (Fsp3) is 0.529. The van der Waals surface area contributed by atoms with Crippen LogP contribution in [0.1, 0.15) is 45.6 Å². The molecule has 3 rings (SSSR count). The average Bonchev–Trinajstić information content (AvgIpc) is 2.58. The van der Waals surface area contributed by atoms with E-state index in [0.717, 1.165) is 24.2 Å². The van der Waals surface area contributed by atoms with Gasteiger partial charge in [0.15, 0.2) is 9.84 Å². The van der Waals surface area contributed by atoms with Crippen LogP contribution in [0.25, 0.3) is 5.57 Å². The number of hydrogen-bond donors (Lipinski definition) is 0. The van der Waals surface area contributed by atoms with E-state index in [2.05, 4.69) is 0 Å². The van der Waals surface area contributed by atoms with E-state index in [0.29, 0.717) is 6.42 Å². The Morgan fingerprint density at radius 1 is 1.10 bits per heavy atom. The van der Waals surface area contributed by atoms with E-state index in [4.69, 9.17) is 4.74 Å². The first-order valence-electron chi connectivity index (χ1n) is 7.48. The van der Waals surface area contributed by atoms with Gasteiger partial charge in [-0.05, 0) is 63.3 Å². The Labute approximate surface area is 126 Å². The molecule has 1 saturated heterocycles. The molecule has 1 aromatic rings. The molecule has 0 N–H and O–H groups in total. The SMILES string of the molecule is CC(C)(C)Oc1ccc(C2=CC3CCC(C2)S3(=O)=O)cc1. The fourth-order valence-electron chi connectivity index (χ4n) is 3.16. The van der Waals surface area contributed by atoms with Crippen molar-refractivity contribution in [3.05, 3.63) is 35.9 Å². The van der Waals surface area contributed by atoms with Crippen LogP contribution < -0.4 is 4.74 Å². The van der Waals surface area contributed by atoms with Gasteiger partial charge < -0.3 is 4.74 Å². The Morgan fingerprint density at radius 3 is 2.33 bits per heavy atom. The van der Waals surface area contributed by atoms with E-state index in [9.17, 15) is 8.42 Å². The molecule has 0 aliphatic carbocycles. The van der Waals surface area contributed by atoms with Gasteiger partial charge in [-0.25, -0.2) is 8.42 Å². The van der Waals surface area contributed by atoms with Crippen LogP contribution in [0.3, 0.4) is 0 Å². The summed E-state index contributed by atoms with van der Waals surface area (Å²) in [4.78, 5) is 0. The van der Waals surface area contributed by atoms with Crippen molar-refractivity contribution < 1.29 is 13.2 Å². The van der Waals surface area contributed by atoms with Crippen molar-refractivity contribution >= 4 is 15.4 Å². The molecule has 0 radical (unpaired) electrons. The number of rotatable bonds is 2. The molecule has 2 aliphatic heterocycles. The van der Waals surface area contributed by atoms with E-state index >= 15 is 0 Å². The first-order chi connectivity index (χ1) is 9.75. The summed E-state index contributed by atoms with van der Waals surface area (Å²) in [5, 5.41) is -0.440. The third kappa shape index (κ3) is 2.86. The number of sulfone groups is 1. The van der Waals surface area contributed by atoms with Gasteiger partial charge in [0.2, 0.25) is 0 Å². The number of benzene rings is 1. The Kier molecular flexibility index (Phi) is 3.40. The topological polar surface area (TPSA) is 43.4 Å². The van der Waals surface area contributed by atoms with Gasteiger partial charge in [0.25, 0.3) is 0 Å². The average molecular weight is 306 g/mol. The highest BCUT2D eigenvalue weighted by molar-refractivity contribution is 7.93. The normalized spacial score (nSPS) is 27.3. The number of ether oxygens (including phenoxy) is 1. The van der Waals surface area contributed by atoms with Crippen molar-refractivity contribution in [3.63, 3.8) is 0 Å². The number of fused-ring (bicyclic) bond motifs is 2. The van der Waals surface area contributed by atoms with Gasteiger partial charge in [-0.3, -0.25) is 0 Å². The van der Waals surface area contributed by atoms with Crippen LogP contribution >= 0.6 is 0 Å². The molecule has 1 aromatic carbocycles. The molecule has 1 fully saturated rings. The minimum absolute atomic E-state index is 0.173. The summed E-state index contributed by atoms with van der Waals surface area (Å²) in [5.74, 6) is 0.846. The lowest BCUT2D eigenvalue weighted by atomic mass is 10.0. The summed E-state index contributed by atoms with van der Waals surface area (Å²) in [6, 6.07) is 7.99.